The van der Waals surface area contributed by atoms with Crippen LogP contribution in [0.25, 0.3) is 10.9 Å². The van der Waals surface area contributed by atoms with Gasteiger partial charge in [0.1, 0.15) is 18.1 Å². The van der Waals surface area contributed by atoms with Crippen molar-refractivity contribution in [1.29, 1.82) is 0 Å². The predicted molar refractivity (Wildman–Crippen MR) is 165 cm³/mol. The fraction of sp³-hybridized carbons (Fsp3) is 0.548. The van der Waals surface area contributed by atoms with Crippen LogP contribution >= 0.6 is 0 Å². The number of hydrogen-bond acceptors (Lipinski definition) is 15. The first-order valence-electron chi connectivity index (χ1n) is 15.4. The molecule has 0 spiro atoms. The summed E-state index contributed by atoms with van der Waals surface area (Å²) in [4.78, 5) is 86.4. The Morgan fingerprint density at radius 2 is 1.82 bits per heavy atom. The summed E-state index contributed by atoms with van der Waals surface area (Å²) in [6, 6.07) is 5.66. The monoisotopic (exact) mass is 692 g/mol. The molecular formula is C31H40N4O14. The SMILES string of the molecule is COC(=O)O[C@@H](C)N1CC[C@@H](C[C@H](NOC(=O)[C@@](CC(C)C)(NC(=O)c2cc3c(OC)cccc3[nH]2)OC(=O)OC)[C@H]2COC(=O)O2)C1=O. The Hall–Kier alpha value is -5.26. The molecule has 3 heterocycles. The normalized spacial score (nSPS) is 19.7. The molecule has 2 aliphatic heterocycles. The summed E-state index contributed by atoms with van der Waals surface area (Å²) in [6.07, 6.45) is -5.07. The number of H-pyrrole nitrogens is 1. The van der Waals surface area contributed by atoms with E-state index >= 15 is 0 Å². The van der Waals surface area contributed by atoms with Gasteiger partial charge in [0.05, 0.1) is 27.4 Å². The smallest absolute Gasteiger partial charge is 0.496 e. The molecule has 1 aromatic heterocycles. The molecule has 4 rings (SSSR count). The van der Waals surface area contributed by atoms with E-state index in [0.717, 1.165) is 14.2 Å². The Kier molecular flexibility index (Phi) is 11.8. The molecule has 0 aliphatic carbocycles. The molecule has 2 aliphatic rings. The number of ether oxygens (including phenoxy) is 7. The number of carbonyl (C=O) groups is 6. The lowest BCUT2D eigenvalue weighted by Gasteiger charge is -2.33. The van der Waals surface area contributed by atoms with Gasteiger partial charge >= 0.3 is 24.4 Å². The molecule has 0 unspecified atom stereocenters. The van der Waals surface area contributed by atoms with E-state index in [1.807, 2.05) is 0 Å². The van der Waals surface area contributed by atoms with Crippen LogP contribution in [0.5, 0.6) is 5.75 Å². The Bertz CT molecular complexity index is 1560. The second-order valence-corrected chi connectivity index (χ2v) is 11.8. The van der Waals surface area contributed by atoms with E-state index in [4.69, 9.17) is 28.5 Å². The number of cyclic esters (lactones) is 2. The summed E-state index contributed by atoms with van der Waals surface area (Å²) in [6.45, 7) is 4.97. The third-order valence-corrected chi connectivity index (χ3v) is 7.98. The first-order chi connectivity index (χ1) is 23.3. The number of methoxy groups -OCH3 is 3. The lowest BCUT2D eigenvalue weighted by atomic mass is 9.95. The number of carbonyl (C=O) groups excluding carboxylic acids is 6. The van der Waals surface area contributed by atoms with Gasteiger partial charge in [0.2, 0.25) is 5.91 Å². The zero-order valence-corrected chi connectivity index (χ0v) is 27.9. The third-order valence-electron chi connectivity index (χ3n) is 7.98. The molecule has 2 amide bonds. The maximum absolute atomic E-state index is 13.9. The third kappa shape index (κ3) is 8.62. The standard InChI is InChI=1S/C31H40N4O14/c1-16(2)14-31(48-29(40)44-6,33-25(36)22-13-19-20(32-22)8-7-9-23(19)42-4)27(38)49-34-21(24-15-45-30(41)47-24)12-18-10-11-35(26(18)37)17(3)46-28(39)43-5/h7-9,13,16-18,21,24,32,34H,10-12,14-15H2,1-6H3,(H,33,36)/t17-,18-,21-,24+,31-/m0/s1. The lowest BCUT2D eigenvalue weighted by Crippen LogP contribution is -2.60. The zero-order valence-electron chi connectivity index (χ0n) is 27.9. The number of benzene rings is 1. The highest BCUT2D eigenvalue weighted by molar-refractivity contribution is 6.01. The fourth-order valence-electron chi connectivity index (χ4n) is 5.66. The van der Waals surface area contributed by atoms with E-state index in [-0.39, 0.29) is 43.5 Å². The molecule has 0 bridgehead atoms. The van der Waals surface area contributed by atoms with Gasteiger partial charge in [0, 0.05) is 29.8 Å². The van der Waals surface area contributed by atoms with Gasteiger partial charge in [-0.15, -0.1) is 5.48 Å². The van der Waals surface area contributed by atoms with Crippen LogP contribution in [0.15, 0.2) is 24.3 Å². The van der Waals surface area contributed by atoms with E-state index in [9.17, 15) is 28.8 Å². The van der Waals surface area contributed by atoms with Crippen LogP contribution in [0.4, 0.5) is 14.4 Å². The lowest BCUT2D eigenvalue weighted by molar-refractivity contribution is -0.184. The summed E-state index contributed by atoms with van der Waals surface area (Å²) >= 11 is 0. The Morgan fingerprint density at radius 3 is 2.45 bits per heavy atom. The Balaban J connectivity index is 1.57. The quantitative estimate of drug-likeness (QED) is 0.112. The van der Waals surface area contributed by atoms with Crippen molar-refractivity contribution < 1.29 is 66.8 Å². The molecule has 18 nitrogen and oxygen atoms in total. The molecule has 0 radical (unpaired) electrons. The van der Waals surface area contributed by atoms with Crippen molar-refractivity contribution >= 4 is 47.2 Å². The molecule has 2 fully saturated rings. The van der Waals surface area contributed by atoms with Crippen LogP contribution in [0.1, 0.15) is 50.5 Å². The van der Waals surface area contributed by atoms with Gasteiger partial charge in [-0.1, -0.05) is 19.9 Å². The minimum absolute atomic E-state index is 0.0180. The number of aromatic nitrogens is 1. The van der Waals surface area contributed by atoms with E-state index in [0.29, 0.717) is 23.1 Å². The number of hydroxylamine groups is 1. The Morgan fingerprint density at radius 1 is 1.08 bits per heavy atom. The van der Waals surface area contributed by atoms with Crippen LogP contribution in [0.2, 0.25) is 0 Å². The van der Waals surface area contributed by atoms with Crippen molar-refractivity contribution in [2.24, 2.45) is 11.8 Å². The van der Waals surface area contributed by atoms with Crippen LogP contribution in [0, 0.1) is 11.8 Å². The molecule has 268 valence electrons. The van der Waals surface area contributed by atoms with Crippen LogP contribution in [-0.4, -0.2) is 105 Å². The van der Waals surface area contributed by atoms with Gasteiger partial charge < -0.3 is 53.2 Å². The highest BCUT2D eigenvalue weighted by Gasteiger charge is 2.49. The van der Waals surface area contributed by atoms with Crippen molar-refractivity contribution in [1.82, 2.24) is 20.7 Å². The molecule has 3 N–H and O–H groups in total. The number of nitrogens with one attached hydrogen (secondary N) is 3. The molecule has 49 heavy (non-hydrogen) atoms. The van der Waals surface area contributed by atoms with E-state index in [1.165, 1.54) is 25.0 Å². The van der Waals surface area contributed by atoms with E-state index in [1.54, 1.807) is 32.0 Å². The first-order valence-corrected chi connectivity index (χ1v) is 15.4. The topological polar surface area (TPSA) is 219 Å². The Labute approximate surface area is 280 Å². The van der Waals surface area contributed by atoms with Gasteiger partial charge in [0.25, 0.3) is 11.6 Å². The number of nitrogens with zero attached hydrogens (tertiary/aromatic N) is 1. The summed E-state index contributed by atoms with van der Waals surface area (Å²) in [7, 11) is 3.65. The number of amides is 2. The molecular weight excluding hydrogens is 652 g/mol. The second kappa shape index (κ2) is 15.8. The number of likely N-dealkylation sites (tertiary alicyclic amines) is 1. The van der Waals surface area contributed by atoms with Crippen molar-refractivity contribution in [3.05, 3.63) is 30.0 Å². The van der Waals surface area contributed by atoms with Crippen LogP contribution < -0.4 is 15.5 Å². The van der Waals surface area contributed by atoms with E-state index < -0.39 is 60.4 Å². The highest BCUT2D eigenvalue weighted by Crippen LogP contribution is 2.30. The van der Waals surface area contributed by atoms with Gasteiger partial charge in [-0.2, -0.15) is 0 Å². The number of rotatable bonds is 14. The van der Waals surface area contributed by atoms with Gasteiger partial charge in [-0.25, -0.2) is 19.2 Å². The summed E-state index contributed by atoms with van der Waals surface area (Å²) in [5.41, 5.74) is 0.715. The van der Waals surface area contributed by atoms with Gasteiger partial charge in [-0.3, -0.25) is 9.59 Å². The average molecular weight is 693 g/mol. The van der Waals surface area contributed by atoms with Gasteiger partial charge in [0.15, 0.2) is 12.3 Å². The van der Waals surface area contributed by atoms with Crippen molar-refractivity contribution in [3.8, 4) is 5.75 Å². The van der Waals surface area contributed by atoms with Crippen LogP contribution in [0.3, 0.4) is 0 Å². The van der Waals surface area contributed by atoms with Crippen molar-refractivity contribution in [2.45, 2.75) is 64.1 Å². The van der Waals surface area contributed by atoms with Crippen molar-refractivity contribution in [2.75, 3.05) is 34.5 Å². The highest BCUT2D eigenvalue weighted by atomic mass is 16.8. The maximum Gasteiger partial charge on any atom is 0.510 e. The summed E-state index contributed by atoms with van der Waals surface area (Å²) < 4.78 is 35.2. The average Bonchev–Trinajstić information content (AvgIpc) is 3.80. The number of hydrogen-bond donors (Lipinski definition) is 3. The minimum atomic E-state index is -2.42. The predicted octanol–water partition coefficient (Wildman–Crippen LogP) is 2.75. The molecule has 2 aromatic rings. The van der Waals surface area contributed by atoms with Crippen LogP contribution in [-0.2, 0) is 42.8 Å². The van der Waals surface area contributed by atoms with E-state index in [2.05, 4.69) is 25.3 Å². The van der Waals surface area contributed by atoms with Crippen molar-refractivity contribution in [3.63, 3.8) is 0 Å². The fourth-order valence-corrected chi connectivity index (χ4v) is 5.66. The number of aromatic amines is 1. The molecule has 5 atom stereocenters. The molecule has 18 heteroatoms. The summed E-state index contributed by atoms with van der Waals surface area (Å²) in [5.74, 6) is -2.98. The molecule has 1 aromatic carbocycles. The largest absolute Gasteiger partial charge is 0.510 e. The zero-order chi connectivity index (χ0) is 35.9. The first kappa shape index (κ1) is 36.6. The minimum Gasteiger partial charge on any atom is -0.496 e. The number of fused-ring (bicyclic) bond motifs is 1. The molecule has 0 saturated carbocycles. The van der Waals surface area contributed by atoms with Gasteiger partial charge in [-0.05, 0) is 43.9 Å². The maximum atomic E-state index is 13.9. The summed E-state index contributed by atoms with van der Waals surface area (Å²) in [5, 5.41) is 3.08. The molecule has 2 saturated heterocycles. The second-order valence-electron chi connectivity index (χ2n) is 11.8.